The van der Waals surface area contributed by atoms with E-state index in [2.05, 4.69) is 46.7 Å². The molecule has 1 aliphatic rings. The molecule has 12 nitrogen and oxygen atoms in total. The Bertz CT molecular complexity index is 1200. The fourth-order valence-corrected chi connectivity index (χ4v) is 3.64. The summed E-state index contributed by atoms with van der Waals surface area (Å²) in [4.78, 5) is 26.1. The first-order chi connectivity index (χ1) is 16.5. The van der Waals surface area contributed by atoms with Gasteiger partial charge in [-0.2, -0.15) is 20.1 Å². The van der Waals surface area contributed by atoms with Crippen molar-refractivity contribution in [2.75, 3.05) is 49.1 Å². The summed E-state index contributed by atoms with van der Waals surface area (Å²) >= 11 is 3.45. The van der Waals surface area contributed by atoms with Crippen LogP contribution in [0, 0.1) is 10.1 Å². The first kappa shape index (κ1) is 23.3. The molecule has 2 aromatic carbocycles. The summed E-state index contributed by atoms with van der Waals surface area (Å²) in [7, 11) is 1.37. The number of nitro groups is 1. The van der Waals surface area contributed by atoms with Gasteiger partial charge in [0, 0.05) is 34.9 Å². The van der Waals surface area contributed by atoms with Gasteiger partial charge in [0.25, 0.3) is 0 Å². The third kappa shape index (κ3) is 5.74. The van der Waals surface area contributed by atoms with E-state index in [1.54, 1.807) is 12.1 Å². The molecule has 1 aliphatic heterocycles. The SMILES string of the molecule is COc1c(/C=N/Nc2nc(Nc3cccc(Br)c3)nc(N3CCOCC3)n2)cccc1[N+](=O)[O-]. The Labute approximate surface area is 203 Å². The zero-order valence-electron chi connectivity index (χ0n) is 18.1. The van der Waals surface area contributed by atoms with Gasteiger partial charge in [-0.25, -0.2) is 5.43 Å². The van der Waals surface area contributed by atoms with Crippen molar-refractivity contribution < 1.29 is 14.4 Å². The summed E-state index contributed by atoms with van der Waals surface area (Å²) < 4.78 is 11.5. The van der Waals surface area contributed by atoms with Gasteiger partial charge in [0.05, 0.1) is 31.5 Å². The molecule has 0 saturated carbocycles. The van der Waals surface area contributed by atoms with Crippen molar-refractivity contribution in [2.24, 2.45) is 5.10 Å². The number of nitrogens with one attached hydrogen (secondary N) is 2. The number of ether oxygens (including phenoxy) is 2. The van der Waals surface area contributed by atoms with Crippen molar-refractivity contribution in [1.82, 2.24) is 15.0 Å². The molecule has 2 heterocycles. The Balaban J connectivity index is 1.60. The number of hydrogen-bond donors (Lipinski definition) is 2. The Hall–Kier alpha value is -3.84. The molecular formula is C21H21BrN8O4. The molecular weight excluding hydrogens is 508 g/mol. The van der Waals surface area contributed by atoms with Gasteiger partial charge in [0.2, 0.25) is 23.6 Å². The summed E-state index contributed by atoms with van der Waals surface area (Å²) in [6.45, 7) is 2.45. The quantitative estimate of drug-likeness (QED) is 0.253. The zero-order chi connectivity index (χ0) is 23.9. The molecule has 1 aromatic heterocycles. The minimum atomic E-state index is -0.510. The molecule has 0 spiro atoms. The van der Waals surface area contributed by atoms with Crippen LogP contribution < -0.4 is 20.4 Å². The van der Waals surface area contributed by atoms with E-state index in [0.717, 1.165) is 10.2 Å². The van der Waals surface area contributed by atoms with Crippen molar-refractivity contribution in [3.8, 4) is 5.75 Å². The average molecular weight is 529 g/mol. The lowest BCUT2D eigenvalue weighted by Crippen LogP contribution is -2.37. The Morgan fingerprint density at radius 1 is 1.18 bits per heavy atom. The number of rotatable bonds is 8. The van der Waals surface area contributed by atoms with Gasteiger partial charge < -0.3 is 19.7 Å². The molecule has 0 aliphatic carbocycles. The second-order valence-corrected chi connectivity index (χ2v) is 7.96. The van der Waals surface area contributed by atoms with Crippen LogP contribution >= 0.6 is 15.9 Å². The highest BCUT2D eigenvalue weighted by Crippen LogP contribution is 2.29. The number of morpholine rings is 1. The minimum absolute atomic E-state index is 0.111. The Morgan fingerprint density at radius 2 is 1.94 bits per heavy atom. The smallest absolute Gasteiger partial charge is 0.311 e. The molecule has 4 rings (SSSR count). The molecule has 176 valence electrons. The number of halogens is 1. The highest BCUT2D eigenvalue weighted by atomic mass is 79.9. The number of para-hydroxylation sites is 1. The van der Waals surface area contributed by atoms with E-state index in [9.17, 15) is 10.1 Å². The molecule has 1 saturated heterocycles. The van der Waals surface area contributed by atoms with Gasteiger partial charge in [0.1, 0.15) is 0 Å². The van der Waals surface area contributed by atoms with Gasteiger partial charge in [-0.15, -0.1) is 0 Å². The first-order valence-corrected chi connectivity index (χ1v) is 11.0. The van der Waals surface area contributed by atoms with Crippen molar-refractivity contribution in [1.29, 1.82) is 0 Å². The third-order valence-electron chi connectivity index (χ3n) is 4.79. The van der Waals surface area contributed by atoms with Crippen LogP contribution in [0.5, 0.6) is 5.75 Å². The van der Waals surface area contributed by atoms with E-state index in [1.165, 1.54) is 19.4 Å². The van der Waals surface area contributed by atoms with Gasteiger partial charge in [-0.05, 0) is 24.3 Å². The van der Waals surface area contributed by atoms with Gasteiger partial charge in [-0.1, -0.05) is 28.1 Å². The van der Waals surface area contributed by atoms with Crippen LogP contribution in [0.25, 0.3) is 0 Å². The molecule has 0 amide bonds. The lowest BCUT2D eigenvalue weighted by molar-refractivity contribution is -0.385. The normalized spacial score (nSPS) is 13.6. The summed E-state index contributed by atoms with van der Waals surface area (Å²) in [6, 6.07) is 12.2. The van der Waals surface area contributed by atoms with Crippen LogP contribution in [-0.4, -0.2) is 59.5 Å². The second-order valence-electron chi connectivity index (χ2n) is 7.04. The molecule has 2 N–H and O–H groups in total. The number of benzene rings is 2. The summed E-state index contributed by atoms with van der Waals surface area (Å²) in [5, 5.41) is 18.6. The third-order valence-corrected chi connectivity index (χ3v) is 5.29. The van der Waals surface area contributed by atoms with Crippen LogP contribution in [0.4, 0.5) is 29.2 Å². The van der Waals surface area contributed by atoms with E-state index in [-0.39, 0.29) is 17.4 Å². The standard InChI is InChI=1S/C21H21BrN8O4/c1-33-18-14(4-2-7-17(18)30(31)32)13-23-28-20-25-19(24-16-6-3-5-15(22)12-16)26-21(27-20)29-8-10-34-11-9-29/h2-7,12-13H,8-11H2,1H3,(H2,24,25,26,27,28)/b23-13+. The van der Waals surface area contributed by atoms with Crippen molar-refractivity contribution in [2.45, 2.75) is 0 Å². The fourth-order valence-electron chi connectivity index (χ4n) is 3.24. The predicted molar refractivity (Wildman–Crippen MR) is 131 cm³/mol. The molecule has 0 bridgehead atoms. The number of aromatic nitrogens is 3. The lowest BCUT2D eigenvalue weighted by Gasteiger charge is -2.27. The molecule has 0 atom stereocenters. The van der Waals surface area contributed by atoms with Gasteiger partial charge in [-0.3, -0.25) is 10.1 Å². The average Bonchev–Trinajstić information content (AvgIpc) is 2.84. The van der Waals surface area contributed by atoms with Crippen molar-refractivity contribution in [3.05, 3.63) is 62.6 Å². The van der Waals surface area contributed by atoms with Crippen LogP contribution in [-0.2, 0) is 4.74 Å². The summed E-state index contributed by atoms with van der Waals surface area (Å²) in [6.07, 6.45) is 1.41. The molecule has 3 aromatic rings. The molecule has 13 heteroatoms. The van der Waals surface area contributed by atoms with Gasteiger partial charge >= 0.3 is 5.69 Å². The van der Waals surface area contributed by atoms with E-state index < -0.39 is 4.92 Å². The number of hydrazone groups is 1. The summed E-state index contributed by atoms with van der Waals surface area (Å²) in [5.74, 6) is 1.12. The minimum Gasteiger partial charge on any atom is -0.490 e. The highest BCUT2D eigenvalue weighted by molar-refractivity contribution is 9.10. The number of methoxy groups -OCH3 is 1. The Morgan fingerprint density at radius 3 is 2.68 bits per heavy atom. The Kier molecular flexibility index (Phi) is 7.44. The molecule has 0 radical (unpaired) electrons. The zero-order valence-corrected chi connectivity index (χ0v) is 19.7. The number of nitro benzene ring substituents is 1. The first-order valence-electron chi connectivity index (χ1n) is 10.3. The molecule has 1 fully saturated rings. The van der Waals surface area contributed by atoms with Gasteiger partial charge in [0.15, 0.2) is 0 Å². The van der Waals surface area contributed by atoms with Crippen LogP contribution in [0.2, 0.25) is 0 Å². The predicted octanol–water partition coefficient (Wildman–Crippen LogP) is 3.58. The lowest BCUT2D eigenvalue weighted by atomic mass is 10.2. The number of hydrogen-bond acceptors (Lipinski definition) is 11. The van der Waals surface area contributed by atoms with E-state index in [0.29, 0.717) is 43.8 Å². The molecule has 34 heavy (non-hydrogen) atoms. The summed E-state index contributed by atoms with van der Waals surface area (Å²) in [5.41, 5.74) is 3.86. The number of nitrogens with zero attached hydrogens (tertiary/aromatic N) is 6. The van der Waals surface area contributed by atoms with Crippen LogP contribution in [0.3, 0.4) is 0 Å². The van der Waals surface area contributed by atoms with E-state index >= 15 is 0 Å². The van der Waals surface area contributed by atoms with Crippen molar-refractivity contribution >= 4 is 51.4 Å². The molecule has 0 unspecified atom stereocenters. The highest BCUT2D eigenvalue weighted by Gasteiger charge is 2.18. The fraction of sp³-hybridized carbons (Fsp3) is 0.238. The van der Waals surface area contributed by atoms with Crippen LogP contribution in [0.1, 0.15) is 5.56 Å². The maximum atomic E-state index is 11.2. The van der Waals surface area contributed by atoms with E-state index in [1.807, 2.05) is 29.2 Å². The van der Waals surface area contributed by atoms with Crippen molar-refractivity contribution in [3.63, 3.8) is 0 Å². The monoisotopic (exact) mass is 528 g/mol. The maximum Gasteiger partial charge on any atom is 0.311 e. The topological polar surface area (TPSA) is 140 Å². The maximum absolute atomic E-state index is 11.2. The largest absolute Gasteiger partial charge is 0.490 e. The second kappa shape index (κ2) is 10.9. The van der Waals surface area contributed by atoms with E-state index in [4.69, 9.17) is 9.47 Å². The number of anilines is 4. The van der Waals surface area contributed by atoms with Crippen LogP contribution in [0.15, 0.2) is 52.0 Å².